The Balaban J connectivity index is 2.71. The first-order valence-electron chi connectivity index (χ1n) is 3.92. The first kappa shape index (κ1) is 10.4. The van der Waals surface area contributed by atoms with Crippen molar-refractivity contribution in [1.82, 2.24) is 9.97 Å². The Morgan fingerprint density at radius 3 is 2.54 bits per heavy atom. The summed E-state index contributed by atoms with van der Waals surface area (Å²) in [6.45, 7) is 6.62. The summed E-state index contributed by atoms with van der Waals surface area (Å²) in [5.74, 6) is 0.739. The van der Waals surface area contributed by atoms with E-state index in [1.807, 2.05) is 18.9 Å². The van der Waals surface area contributed by atoms with Crippen LogP contribution in [0, 0.1) is 3.57 Å². The van der Waals surface area contributed by atoms with Crippen LogP contribution in [0.2, 0.25) is 0 Å². The van der Waals surface area contributed by atoms with Crippen molar-refractivity contribution in [1.29, 1.82) is 0 Å². The van der Waals surface area contributed by atoms with Gasteiger partial charge in [-0.25, -0.2) is 9.97 Å². The number of anilines is 1. The van der Waals surface area contributed by atoms with Gasteiger partial charge in [-0.2, -0.15) is 0 Å². The molecule has 0 amide bonds. The molecule has 0 aromatic carbocycles. The van der Waals surface area contributed by atoms with Gasteiger partial charge in [-0.1, -0.05) is 12.2 Å². The number of likely N-dealkylation sites (N-methyl/N-ethyl adjacent to an activating group) is 1. The summed E-state index contributed by atoms with van der Waals surface area (Å²) in [6, 6.07) is 0. The van der Waals surface area contributed by atoms with Gasteiger partial charge in [0.15, 0.2) is 0 Å². The zero-order valence-electron chi connectivity index (χ0n) is 7.79. The number of aromatic nitrogens is 2. The monoisotopic (exact) mass is 289 g/mol. The molecule has 0 aliphatic heterocycles. The van der Waals surface area contributed by atoms with E-state index in [-0.39, 0.29) is 0 Å². The molecule has 1 aromatic rings. The van der Waals surface area contributed by atoms with Crippen molar-refractivity contribution in [3.05, 3.63) is 28.1 Å². The van der Waals surface area contributed by atoms with Crippen molar-refractivity contribution in [3.8, 4) is 0 Å². The van der Waals surface area contributed by atoms with Crippen LogP contribution >= 0.6 is 22.6 Å². The highest BCUT2D eigenvalue weighted by molar-refractivity contribution is 14.1. The van der Waals surface area contributed by atoms with Crippen molar-refractivity contribution >= 4 is 28.5 Å². The minimum atomic E-state index is 0.739. The lowest BCUT2D eigenvalue weighted by molar-refractivity contribution is 0.912. The molecule has 0 radical (unpaired) electrons. The van der Waals surface area contributed by atoms with E-state index in [2.05, 4.69) is 39.1 Å². The van der Waals surface area contributed by atoms with Gasteiger partial charge in [-0.3, -0.25) is 0 Å². The summed E-state index contributed by atoms with van der Waals surface area (Å²) in [5, 5.41) is 0. The Hall–Kier alpha value is -0.650. The summed E-state index contributed by atoms with van der Waals surface area (Å²) in [4.78, 5) is 10.4. The Bertz CT molecular complexity index is 294. The molecule has 0 spiro atoms. The fraction of sp³-hybridized carbons (Fsp3) is 0.333. The van der Waals surface area contributed by atoms with Crippen LogP contribution in [-0.4, -0.2) is 23.6 Å². The molecule has 0 N–H and O–H groups in total. The molecule has 70 valence electrons. The Morgan fingerprint density at radius 1 is 1.54 bits per heavy atom. The van der Waals surface area contributed by atoms with E-state index in [1.165, 1.54) is 0 Å². The normalized spacial score (nSPS) is 9.77. The molecule has 0 bridgehead atoms. The predicted molar refractivity (Wildman–Crippen MR) is 62.8 cm³/mol. The molecule has 0 aliphatic rings. The lowest BCUT2D eigenvalue weighted by Crippen LogP contribution is -2.21. The van der Waals surface area contributed by atoms with Gasteiger partial charge in [-0.15, -0.1) is 0 Å². The molecule has 0 aliphatic carbocycles. The second-order valence-electron chi connectivity index (χ2n) is 3.01. The van der Waals surface area contributed by atoms with Crippen molar-refractivity contribution in [2.75, 3.05) is 18.5 Å². The maximum absolute atomic E-state index is 4.20. The summed E-state index contributed by atoms with van der Waals surface area (Å²) in [6.07, 6.45) is 3.61. The molecular formula is C9H12IN3. The lowest BCUT2D eigenvalue weighted by Gasteiger charge is -2.16. The van der Waals surface area contributed by atoms with Crippen LogP contribution in [0.15, 0.2) is 24.5 Å². The fourth-order valence-electron chi connectivity index (χ4n) is 0.978. The van der Waals surface area contributed by atoms with E-state index in [9.17, 15) is 0 Å². The van der Waals surface area contributed by atoms with E-state index in [0.29, 0.717) is 0 Å². The first-order chi connectivity index (χ1) is 6.09. The minimum absolute atomic E-state index is 0.739. The molecule has 0 saturated heterocycles. The number of halogens is 1. The predicted octanol–water partition coefficient (Wildman–Crippen LogP) is 2.09. The summed E-state index contributed by atoms with van der Waals surface area (Å²) in [5.41, 5.74) is 1.10. The molecule has 1 rings (SSSR count). The number of rotatable bonds is 3. The third-order valence-electron chi connectivity index (χ3n) is 1.46. The van der Waals surface area contributed by atoms with Gasteiger partial charge in [0.05, 0.1) is 0 Å². The fourth-order valence-corrected chi connectivity index (χ4v) is 1.26. The van der Waals surface area contributed by atoms with E-state index >= 15 is 0 Å². The van der Waals surface area contributed by atoms with Crippen molar-refractivity contribution in [2.24, 2.45) is 0 Å². The Labute approximate surface area is 92.0 Å². The van der Waals surface area contributed by atoms with Crippen molar-refractivity contribution < 1.29 is 0 Å². The highest BCUT2D eigenvalue weighted by Gasteiger charge is 2.02. The van der Waals surface area contributed by atoms with Gasteiger partial charge in [0.2, 0.25) is 5.95 Å². The Kier molecular flexibility index (Phi) is 3.65. The third kappa shape index (κ3) is 3.30. The van der Waals surface area contributed by atoms with E-state index in [0.717, 1.165) is 21.6 Å². The average molecular weight is 289 g/mol. The summed E-state index contributed by atoms with van der Waals surface area (Å²) in [7, 11) is 1.96. The molecule has 4 heteroatoms. The maximum Gasteiger partial charge on any atom is 0.225 e. The molecule has 13 heavy (non-hydrogen) atoms. The molecular weight excluding hydrogens is 277 g/mol. The number of hydrogen-bond donors (Lipinski definition) is 0. The van der Waals surface area contributed by atoms with Crippen LogP contribution in [-0.2, 0) is 0 Å². The molecule has 0 saturated carbocycles. The zero-order valence-corrected chi connectivity index (χ0v) is 9.95. The standard InChI is InChI=1S/C9H12IN3/c1-7(2)6-13(3)9-11-4-8(10)5-12-9/h4-5H,1,6H2,2-3H3. The largest absolute Gasteiger partial charge is 0.340 e. The van der Waals surface area contributed by atoms with Crippen LogP contribution in [0.3, 0.4) is 0 Å². The topological polar surface area (TPSA) is 29.0 Å². The van der Waals surface area contributed by atoms with Crippen molar-refractivity contribution in [2.45, 2.75) is 6.92 Å². The smallest absolute Gasteiger partial charge is 0.225 e. The Morgan fingerprint density at radius 2 is 2.08 bits per heavy atom. The first-order valence-corrected chi connectivity index (χ1v) is 5.00. The molecule has 0 atom stereocenters. The minimum Gasteiger partial charge on any atom is -0.340 e. The van der Waals surface area contributed by atoms with E-state index < -0.39 is 0 Å². The van der Waals surface area contributed by atoms with E-state index in [1.54, 1.807) is 12.4 Å². The molecule has 3 nitrogen and oxygen atoms in total. The molecule has 0 fully saturated rings. The van der Waals surface area contributed by atoms with Crippen LogP contribution in [0.4, 0.5) is 5.95 Å². The van der Waals surface area contributed by atoms with Crippen LogP contribution in [0.25, 0.3) is 0 Å². The second kappa shape index (κ2) is 4.55. The second-order valence-corrected chi connectivity index (χ2v) is 4.26. The molecule has 0 unspecified atom stereocenters. The summed E-state index contributed by atoms with van der Waals surface area (Å²) < 4.78 is 1.05. The van der Waals surface area contributed by atoms with Gasteiger partial charge < -0.3 is 4.90 Å². The number of hydrogen-bond acceptors (Lipinski definition) is 3. The summed E-state index contributed by atoms with van der Waals surface area (Å²) >= 11 is 2.18. The lowest BCUT2D eigenvalue weighted by atomic mass is 10.3. The van der Waals surface area contributed by atoms with Gasteiger partial charge in [0, 0.05) is 29.6 Å². The van der Waals surface area contributed by atoms with Crippen LogP contribution in [0.1, 0.15) is 6.92 Å². The molecule has 1 heterocycles. The van der Waals surface area contributed by atoms with Crippen molar-refractivity contribution in [3.63, 3.8) is 0 Å². The van der Waals surface area contributed by atoms with Gasteiger partial charge in [-0.05, 0) is 29.5 Å². The van der Waals surface area contributed by atoms with Crippen LogP contribution in [0.5, 0.6) is 0 Å². The average Bonchev–Trinajstić information content (AvgIpc) is 2.04. The quantitative estimate of drug-likeness (QED) is 0.630. The van der Waals surface area contributed by atoms with Gasteiger partial charge >= 0.3 is 0 Å². The van der Waals surface area contributed by atoms with E-state index in [4.69, 9.17) is 0 Å². The SMILES string of the molecule is C=C(C)CN(C)c1ncc(I)cn1. The highest BCUT2D eigenvalue weighted by Crippen LogP contribution is 2.07. The third-order valence-corrected chi connectivity index (χ3v) is 2.01. The van der Waals surface area contributed by atoms with Crippen LogP contribution < -0.4 is 4.90 Å². The van der Waals surface area contributed by atoms with Gasteiger partial charge in [0.25, 0.3) is 0 Å². The van der Waals surface area contributed by atoms with Gasteiger partial charge in [0.1, 0.15) is 0 Å². The molecule has 1 aromatic heterocycles. The highest BCUT2D eigenvalue weighted by atomic mass is 127. The number of nitrogens with zero attached hydrogens (tertiary/aromatic N) is 3. The zero-order chi connectivity index (χ0) is 9.84. The maximum atomic E-state index is 4.20.